The molecule has 2 N–H and O–H groups in total. The van der Waals surface area contributed by atoms with Crippen LogP contribution in [0.1, 0.15) is 0 Å². The predicted octanol–water partition coefficient (Wildman–Crippen LogP) is 3.22. The molecule has 0 amide bonds. The quantitative estimate of drug-likeness (QED) is 0.787. The van der Waals surface area contributed by atoms with E-state index in [4.69, 9.17) is 5.14 Å². The SMILES string of the molecule is NS(=O)(=O)c1sccc1-c1cccc2ccccc12. The van der Waals surface area contributed by atoms with E-state index in [9.17, 15) is 8.42 Å². The van der Waals surface area contributed by atoms with Gasteiger partial charge in [0, 0.05) is 5.56 Å². The summed E-state index contributed by atoms with van der Waals surface area (Å²) in [5, 5.41) is 9.11. The van der Waals surface area contributed by atoms with Crippen LogP contribution in [0.3, 0.4) is 0 Å². The van der Waals surface area contributed by atoms with Gasteiger partial charge in [0.1, 0.15) is 4.21 Å². The van der Waals surface area contributed by atoms with Crippen LogP contribution < -0.4 is 5.14 Å². The molecule has 3 rings (SSSR count). The Balaban J connectivity index is 2.35. The summed E-state index contributed by atoms with van der Waals surface area (Å²) in [5.41, 5.74) is 1.56. The van der Waals surface area contributed by atoms with E-state index in [1.165, 1.54) is 0 Å². The number of hydrogen-bond acceptors (Lipinski definition) is 3. The second-order valence-corrected chi connectivity index (χ2v) is 6.87. The number of rotatable bonds is 2. The van der Waals surface area contributed by atoms with E-state index >= 15 is 0 Å². The van der Waals surface area contributed by atoms with E-state index in [-0.39, 0.29) is 4.21 Å². The average molecular weight is 289 g/mol. The molecule has 0 radical (unpaired) electrons. The van der Waals surface area contributed by atoms with Gasteiger partial charge in [0.05, 0.1) is 0 Å². The molecular weight excluding hydrogens is 278 g/mol. The van der Waals surface area contributed by atoms with Gasteiger partial charge in [-0.05, 0) is 27.8 Å². The van der Waals surface area contributed by atoms with Gasteiger partial charge in [-0.1, -0.05) is 42.5 Å². The van der Waals surface area contributed by atoms with Gasteiger partial charge in [-0.15, -0.1) is 11.3 Å². The lowest BCUT2D eigenvalue weighted by molar-refractivity contribution is 0.600. The lowest BCUT2D eigenvalue weighted by atomic mass is 10.0. The van der Waals surface area contributed by atoms with Gasteiger partial charge in [-0.25, -0.2) is 13.6 Å². The first kappa shape index (κ1) is 12.3. The standard InChI is InChI=1S/C14H11NO2S2/c15-19(16,17)14-13(8-9-18-14)12-7-3-5-10-4-1-2-6-11(10)12/h1-9H,(H2,15,16,17). The zero-order valence-electron chi connectivity index (χ0n) is 9.91. The highest BCUT2D eigenvalue weighted by atomic mass is 32.2. The van der Waals surface area contributed by atoms with Gasteiger partial charge >= 0.3 is 0 Å². The predicted molar refractivity (Wildman–Crippen MR) is 78.6 cm³/mol. The summed E-state index contributed by atoms with van der Waals surface area (Å²) in [7, 11) is -3.69. The Bertz CT molecular complexity index is 845. The van der Waals surface area contributed by atoms with Crippen molar-refractivity contribution in [2.75, 3.05) is 0 Å². The topological polar surface area (TPSA) is 60.2 Å². The summed E-state index contributed by atoms with van der Waals surface area (Å²) < 4.78 is 23.4. The van der Waals surface area contributed by atoms with E-state index in [0.29, 0.717) is 5.56 Å². The second-order valence-electron chi connectivity index (χ2n) is 4.19. The van der Waals surface area contributed by atoms with E-state index in [0.717, 1.165) is 27.7 Å². The number of sulfonamides is 1. The van der Waals surface area contributed by atoms with Crippen molar-refractivity contribution in [1.82, 2.24) is 0 Å². The molecule has 3 nitrogen and oxygen atoms in total. The van der Waals surface area contributed by atoms with Gasteiger partial charge < -0.3 is 0 Å². The van der Waals surface area contributed by atoms with Crippen molar-refractivity contribution in [2.24, 2.45) is 5.14 Å². The Hall–Kier alpha value is -1.69. The minimum atomic E-state index is -3.69. The molecule has 0 aliphatic rings. The molecule has 1 heterocycles. The third-order valence-electron chi connectivity index (χ3n) is 2.97. The molecule has 0 aliphatic carbocycles. The highest BCUT2D eigenvalue weighted by molar-refractivity contribution is 7.91. The van der Waals surface area contributed by atoms with Crippen LogP contribution in [0.2, 0.25) is 0 Å². The fourth-order valence-corrected chi connectivity index (χ4v) is 4.00. The third kappa shape index (κ3) is 2.16. The summed E-state index contributed by atoms with van der Waals surface area (Å²) in [4.78, 5) is 0. The molecule has 0 saturated carbocycles. The van der Waals surface area contributed by atoms with Crippen LogP contribution in [0.25, 0.3) is 21.9 Å². The van der Waals surface area contributed by atoms with Crippen LogP contribution in [-0.4, -0.2) is 8.42 Å². The Morgan fingerprint density at radius 3 is 2.42 bits per heavy atom. The lowest BCUT2D eigenvalue weighted by Crippen LogP contribution is -2.11. The van der Waals surface area contributed by atoms with Crippen LogP contribution in [-0.2, 0) is 10.0 Å². The first-order chi connectivity index (χ1) is 9.07. The van der Waals surface area contributed by atoms with Crippen LogP contribution >= 0.6 is 11.3 Å². The van der Waals surface area contributed by atoms with Crippen molar-refractivity contribution < 1.29 is 8.42 Å². The number of primary sulfonamides is 1. The van der Waals surface area contributed by atoms with Crippen molar-refractivity contribution in [1.29, 1.82) is 0 Å². The van der Waals surface area contributed by atoms with Crippen molar-refractivity contribution in [3.8, 4) is 11.1 Å². The number of nitrogens with two attached hydrogens (primary N) is 1. The molecule has 0 unspecified atom stereocenters. The lowest BCUT2D eigenvalue weighted by Gasteiger charge is -2.06. The maximum Gasteiger partial charge on any atom is 0.248 e. The molecular formula is C14H11NO2S2. The number of thiophene rings is 1. The van der Waals surface area contributed by atoms with Gasteiger partial charge in [0.25, 0.3) is 0 Å². The Morgan fingerprint density at radius 1 is 0.895 bits per heavy atom. The Kier molecular flexibility index (Phi) is 2.89. The van der Waals surface area contributed by atoms with E-state index in [2.05, 4.69) is 0 Å². The fourth-order valence-electron chi connectivity index (χ4n) is 2.18. The summed E-state index contributed by atoms with van der Waals surface area (Å²) >= 11 is 1.15. The molecule has 19 heavy (non-hydrogen) atoms. The van der Waals surface area contributed by atoms with Crippen molar-refractivity contribution in [2.45, 2.75) is 4.21 Å². The molecule has 5 heteroatoms. The van der Waals surface area contributed by atoms with E-state index in [1.54, 1.807) is 11.4 Å². The summed E-state index contributed by atoms with van der Waals surface area (Å²) in [5.74, 6) is 0. The second kappa shape index (κ2) is 4.45. The zero-order chi connectivity index (χ0) is 13.5. The normalized spacial score (nSPS) is 11.8. The van der Waals surface area contributed by atoms with Crippen LogP contribution in [0, 0.1) is 0 Å². The molecule has 0 saturated heterocycles. The first-order valence-electron chi connectivity index (χ1n) is 5.66. The largest absolute Gasteiger partial charge is 0.248 e. The van der Waals surface area contributed by atoms with Gasteiger partial charge in [-0.2, -0.15) is 0 Å². The van der Waals surface area contributed by atoms with Crippen LogP contribution in [0.15, 0.2) is 58.1 Å². The minimum absolute atomic E-state index is 0.212. The molecule has 1 aromatic heterocycles. The molecule has 0 fully saturated rings. The van der Waals surface area contributed by atoms with Crippen molar-refractivity contribution in [3.05, 3.63) is 53.9 Å². The van der Waals surface area contributed by atoms with Crippen molar-refractivity contribution >= 4 is 32.1 Å². The van der Waals surface area contributed by atoms with Crippen LogP contribution in [0.5, 0.6) is 0 Å². The minimum Gasteiger partial charge on any atom is -0.224 e. The van der Waals surface area contributed by atoms with E-state index < -0.39 is 10.0 Å². The zero-order valence-corrected chi connectivity index (χ0v) is 11.5. The van der Waals surface area contributed by atoms with Gasteiger partial charge in [-0.3, -0.25) is 0 Å². The number of hydrogen-bond donors (Lipinski definition) is 1. The Morgan fingerprint density at radius 2 is 1.63 bits per heavy atom. The Labute approximate surface area is 115 Å². The third-order valence-corrected chi connectivity index (χ3v) is 5.40. The molecule has 96 valence electrons. The highest BCUT2D eigenvalue weighted by Crippen LogP contribution is 2.35. The monoisotopic (exact) mass is 289 g/mol. The van der Waals surface area contributed by atoms with E-state index in [1.807, 2.05) is 42.5 Å². The number of benzene rings is 2. The summed E-state index contributed by atoms with van der Waals surface area (Å²) in [6.07, 6.45) is 0. The molecule has 0 atom stereocenters. The highest BCUT2D eigenvalue weighted by Gasteiger charge is 2.18. The molecule has 0 spiro atoms. The average Bonchev–Trinajstić information content (AvgIpc) is 2.87. The van der Waals surface area contributed by atoms with Crippen molar-refractivity contribution in [3.63, 3.8) is 0 Å². The smallest absolute Gasteiger partial charge is 0.224 e. The molecule has 0 bridgehead atoms. The molecule has 3 aromatic rings. The molecule has 0 aliphatic heterocycles. The van der Waals surface area contributed by atoms with Crippen LogP contribution in [0.4, 0.5) is 0 Å². The maximum absolute atomic E-state index is 11.6. The molecule has 2 aromatic carbocycles. The first-order valence-corrected chi connectivity index (χ1v) is 8.08. The summed E-state index contributed by atoms with van der Waals surface area (Å²) in [6, 6.07) is 15.5. The number of fused-ring (bicyclic) bond motifs is 1. The fraction of sp³-hybridized carbons (Fsp3) is 0. The van der Waals surface area contributed by atoms with Gasteiger partial charge in [0.2, 0.25) is 10.0 Å². The summed E-state index contributed by atoms with van der Waals surface area (Å²) in [6.45, 7) is 0. The maximum atomic E-state index is 11.6. The van der Waals surface area contributed by atoms with Gasteiger partial charge in [0.15, 0.2) is 0 Å².